The number of benzene rings is 2. The third-order valence-corrected chi connectivity index (χ3v) is 3.67. The summed E-state index contributed by atoms with van der Waals surface area (Å²) in [5.74, 6) is 0. The van der Waals surface area contributed by atoms with Crippen LogP contribution in [0, 0.1) is 27.7 Å². The molecule has 0 aliphatic rings. The van der Waals surface area contributed by atoms with Crippen molar-refractivity contribution in [3.63, 3.8) is 0 Å². The monoisotopic (exact) mass is 273 g/mol. The molecule has 19 heavy (non-hydrogen) atoms. The Morgan fingerprint density at radius 2 is 1.53 bits per heavy atom. The summed E-state index contributed by atoms with van der Waals surface area (Å²) in [4.78, 5) is 0. The average molecular weight is 274 g/mol. The Hall–Kier alpha value is -1.47. The van der Waals surface area contributed by atoms with Crippen molar-refractivity contribution in [1.82, 2.24) is 0 Å². The molecule has 0 heterocycles. The van der Waals surface area contributed by atoms with Gasteiger partial charge in [-0.3, -0.25) is 0 Å². The first-order valence-corrected chi connectivity index (χ1v) is 6.92. The zero-order valence-corrected chi connectivity index (χ0v) is 12.7. The summed E-state index contributed by atoms with van der Waals surface area (Å²) in [5.41, 5.74) is 7.64. The number of anilines is 1. The average Bonchev–Trinajstić information content (AvgIpc) is 2.30. The van der Waals surface area contributed by atoms with Crippen LogP contribution in [0.3, 0.4) is 0 Å². The van der Waals surface area contributed by atoms with E-state index in [1.165, 1.54) is 33.5 Å². The fourth-order valence-corrected chi connectivity index (χ4v) is 2.73. The minimum atomic E-state index is 0.795. The smallest absolute Gasteiger partial charge is 0.0408 e. The van der Waals surface area contributed by atoms with Crippen molar-refractivity contribution < 1.29 is 0 Å². The maximum Gasteiger partial charge on any atom is 0.0408 e. The van der Waals surface area contributed by atoms with Gasteiger partial charge in [-0.2, -0.15) is 0 Å². The molecule has 2 aromatic rings. The molecule has 0 aromatic heterocycles. The SMILES string of the molecule is Cc1cc(C)c(NCc2ccc(Cl)cc2C)c(C)c1. The Morgan fingerprint density at radius 1 is 0.895 bits per heavy atom. The molecule has 2 aromatic carbocycles. The van der Waals surface area contributed by atoms with Crippen LogP contribution >= 0.6 is 11.6 Å². The molecule has 0 fully saturated rings. The van der Waals surface area contributed by atoms with E-state index in [0.29, 0.717) is 0 Å². The second kappa shape index (κ2) is 5.66. The van der Waals surface area contributed by atoms with E-state index in [9.17, 15) is 0 Å². The molecule has 1 N–H and O–H groups in total. The first-order chi connectivity index (χ1) is 8.97. The van der Waals surface area contributed by atoms with Crippen molar-refractivity contribution >= 4 is 17.3 Å². The van der Waals surface area contributed by atoms with Gasteiger partial charge >= 0.3 is 0 Å². The summed E-state index contributed by atoms with van der Waals surface area (Å²) in [6.45, 7) is 9.35. The van der Waals surface area contributed by atoms with Crippen molar-refractivity contribution in [3.8, 4) is 0 Å². The van der Waals surface area contributed by atoms with Crippen LogP contribution in [-0.2, 0) is 6.54 Å². The minimum absolute atomic E-state index is 0.795. The van der Waals surface area contributed by atoms with Gasteiger partial charge < -0.3 is 5.32 Å². The normalized spacial score (nSPS) is 10.6. The van der Waals surface area contributed by atoms with Crippen molar-refractivity contribution in [1.29, 1.82) is 0 Å². The molecular formula is C17H20ClN. The van der Waals surface area contributed by atoms with Crippen LogP contribution in [0.15, 0.2) is 30.3 Å². The number of halogens is 1. The highest BCUT2D eigenvalue weighted by Crippen LogP contribution is 2.23. The Balaban J connectivity index is 2.19. The number of hydrogen-bond acceptors (Lipinski definition) is 1. The summed E-state index contributed by atoms with van der Waals surface area (Å²) < 4.78 is 0. The second-order valence-corrected chi connectivity index (χ2v) is 5.63. The molecule has 0 amide bonds. The van der Waals surface area contributed by atoms with Crippen molar-refractivity contribution in [2.75, 3.05) is 5.32 Å². The lowest BCUT2D eigenvalue weighted by atomic mass is 10.0. The molecule has 0 aliphatic carbocycles. The van der Waals surface area contributed by atoms with Gasteiger partial charge in [0, 0.05) is 17.3 Å². The van der Waals surface area contributed by atoms with Crippen LogP contribution in [0.1, 0.15) is 27.8 Å². The summed E-state index contributed by atoms with van der Waals surface area (Å²) in [7, 11) is 0. The summed E-state index contributed by atoms with van der Waals surface area (Å²) in [6.07, 6.45) is 0. The summed E-state index contributed by atoms with van der Waals surface area (Å²) in [5, 5.41) is 4.34. The lowest BCUT2D eigenvalue weighted by Gasteiger charge is -2.15. The fraction of sp³-hybridized carbons (Fsp3) is 0.294. The van der Waals surface area contributed by atoms with Gasteiger partial charge in [0.25, 0.3) is 0 Å². The van der Waals surface area contributed by atoms with E-state index in [1.807, 2.05) is 12.1 Å². The van der Waals surface area contributed by atoms with Crippen molar-refractivity contribution in [2.45, 2.75) is 34.2 Å². The molecule has 0 spiro atoms. The Kier molecular flexibility index (Phi) is 4.16. The third kappa shape index (κ3) is 3.30. The molecule has 0 saturated carbocycles. The molecule has 2 rings (SSSR count). The van der Waals surface area contributed by atoms with Gasteiger partial charge in [0.2, 0.25) is 0 Å². The molecule has 0 atom stereocenters. The van der Waals surface area contributed by atoms with E-state index in [1.54, 1.807) is 0 Å². The summed E-state index contributed by atoms with van der Waals surface area (Å²) in [6, 6.07) is 10.5. The second-order valence-electron chi connectivity index (χ2n) is 5.20. The quantitative estimate of drug-likeness (QED) is 0.812. The van der Waals surface area contributed by atoms with Gasteiger partial charge in [-0.25, -0.2) is 0 Å². The first-order valence-electron chi connectivity index (χ1n) is 6.54. The predicted molar refractivity (Wildman–Crippen MR) is 84.2 cm³/mol. The highest BCUT2D eigenvalue weighted by Gasteiger charge is 2.05. The highest BCUT2D eigenvalue weighted by molar-refractivity contribution is 6.30. The van der Waals surface area contributed by atoms with Crippen LogP contribution in [0.2, 0.25) is 5.02 Å². The standard InChI is InChI=1S/C17H20ClN/c1-11-7-13(3)17(14(4)8-11)19-10-15-5-6-16(18)9-12(15)2/h5-9,19H,10H2,1-4H3. The van der Waals surface area contributed by atoms with Crippen LogP contribution < -0.4 is 5.32 Å². The molecular weight excluding hydrogens is 254 g/mol. The van der Waals surface area contributed by atoms with Crippen molar-refractivity contribution in [3.05, 3.63) is 63.2 Å². The first kappa shape index (κ1) is 14.0. The van der Waals surface area contributed by atoms with E-state index >= 15 is 0 Å². The van der Waals surface area contributed by atoms with Gasteiger partial charge in [0.1, 0.15) is 0 Å². The topological polar surface area (TPSA) is 12.0 Å². The molecule has 0 bridgehead atoms. The molecule has 0 saturated heterocycles. The number of hydrogen-bond donors (Lipinski definition) is 1. The zero-order valence-electron chi connectivity index (χ0n) is 12.0. The Bertz CT molecular complexity index is 579. The largest absolute Gasteiger partial charge is 0.381 e. The zero-order chi connectivity index (χ0) is 14.0. The van der Waals surface area contributed by atoms with Gasteiger partial charge in [-0.15, -0.1) is 0 Å². The van der Waals surface area contributed by atoms with Crippen molar-refractivity contribution in [2.24, 2.45) is 0 Å². The molecule has 100 valence electrons. The van der Waals surface area contributed by atoms with Gasteiger partial charge in [0.05, 0.1) is 0 Å². The number of nitrogens with one attached hydrogen (secondary N) is 1. The van der Waals surface area contributed by atoms with Gasteiger partial charge in [-0.1, -0.05) is 35.4 Å². The fourth-order valence-electron chi connectivity index (χ4n) is 2.50. The van der Waals surface area contributed by atoms with Gasteiger partial charge in [-0.05, 0) is 62.1 Å². The molecule has 2 heteroatoms. The van der Waals surface area contributed by atoms with E-state index in [0.717, 1.165) is 11.6 Å². The van der Waals surface area contributed by atoms with E-state index in [-0.39, 0.29) is 0 Å². The number of aryl methyl sites for hydroxylation is 4. The Morgan fingerprint density at radius 3 is 2.11 bits per heavy atom. The van der Waals surface area contributed by atoms with E-state index in [4.69, 9.17) is 11.6 Å². The lowest BCUT2D eigenvalue weighted by Crippen LogP contribution is -2.04. The van der Waals surface area contributed by atoms with Crippen LogP contribution in [0.4, 0.5) is 5.69 Å². The van der Waals surface area contributed by atoms with Gasteiger partial charge in [0.15, 0.2) is 0 Å². The molecule has 0 unspecified atom stereocenters. The molecule has 0 aliphatic heterocycles. The highest BCUT2D eigenvalue weighted by atomic mass is 35.5. The summed E-state index contributed by atoms with van der Waals surface area (Å²) >= 11 is 5.98. The van der Waals surface area contributed by atoms with E-state index < -0.39 is 0 Å². The third-order valence-electron chi connectivity index (χ3n) is 3.44. The Labute approximate surface area is 120 Å². The predicted octanol–water partition coefficient (Wildman–Crippen LogP) is 5.19. The maximum atomic E-state index is 5.98. The molecule has 1 nitrogen and oxygen atoms in total. The number of rotatable bonds is 3. The van der Waals surface area contributed by atoms with Crippen LogP contribution in [0.5, 0.6) is 0 Å². The molecule has 0 radical (unpaired) electrons. The van der Waals surface area contributed by atoms with Crippen LogP contribution in [0.25, 0.3) is 0 Å². The van der Waals surface area contributed by atoms with Crippen LogP contribution in [-0.4, -0.2) is 0 Å². The lowest BCUT2D eigenvalue weighted by molar-refractivity contribution is 1.10. The van der Waals surface area contributed by atoms with E-state index in [2.05, 4.69) is 51.2 Å². The maximum absolute atomic E-state index is 5.98. The minimum Gasteiger partial charge on any atom is -0.381 e.